The molecule has 1 aliphatic rings. The second-order valence-electron chi connectivity index (χ2n) is 4.93. The van der Waals surface area contributed by atoms with Crippen LogP contribution in [0.4, 0.5) is 0 Å². The van der Waals surface area contributed by atoms with Crippen molar-refractivity contribution < 1.29 is 9.59 Å². The highest BCUT2D eigenvalue weighted by Gasteiger charge is 2.22. The van der Waals surface area contributed by atoms with Crippen molar-refractivity contribution in [2.45, 2.75) is 25.3 Å². The van der Waals surface area contributed by atoms with Gasteiger partial charge in [-0.3, -0.25) is 9.59 Å². The molecule has 5 heteroatoms. The third-order valence-corrected chi connectivity index (χ3v) is 3.83. The second kappa shape index (κ2) is 6.70. The molecule has 0 saturated carbocycles. The van der Waals surface area contributed by atoms with Crippen molar-refractivity contribution >= 4 is 27.7 Å². The first-order valence-corrected chi connectivity index (χ1v) is 7.36. The molecular formula is C15H17BrN2O2. The van der Waals surface area contributed by atoms with E-state index < -0.39 is 11.9 Å². The molecule has 106 valence electrons. The molecule has 20 heavy (non-hydrogen) atoms. The second-order valence-corrected chi connectivity index (χ2v) is 5.84. The summed E-state index contributed by atoms with van der Waals surface area (Å²) in [4.78, 5) is 23.6. The average Bonchev–Trinajstić information content (AvgIpc) is 2.88. The van der Waals surface area contributed by atoms with Gasteiger partial charge in [-0.05, 0) is 36.5 Å². The Morgan fingerprint density at radius 3 is 2.85 bits per heavy atom. The number of nitrogens with one attached hydrogen (secondary N) is 1. The predicted octanol–water partition coefficient (Wildman–Crippen LogP) is 2.45. The minimum atomic E-state index is -0.787. The van der Waals surface area contributed by atoms with Crippen LogP contribution in [0.2, 0.25) is 0 Å². The van der Waals surface area contributed by atoms with E-state index in [-0.39, 0.29) is 11.8 Å². The normalized spacial score (nSPS) is 18.8. The largest absolute Gasteiger partial charge is 0.368 e. The molecular weight excluding hydrogens is 320 g/mol. The van der Waals surface area contributed by atoms with Gasteiger partial charge in [0.2, 0.25) is 11.8 Å². The van der Waals surface area contributed by atoms with Gasteiger partial charge in [-0.15, -0.1) is 0 Å². The number of primary amides is 1. The van der Waals surface area contributed by atoms with Crippen LogP contribution in [0.3, 0.4) is 0 Å². The molecule has 3 N–H and O–H groups in total. The van der Waals surface area contributed by atoms with Crippen LogP contribution in [-0.4, -0.2) is 11.8 Å². The number of amides is 2. The number of carbonyl (C=O) groups is 2. The summed E-state index contributed by atoms with van der Waals surface area (Å²) in [6, 6.07) is 6.43. The van der Waals surface area contributed by atoms with E-state index in [1.807, 2.05) is 6.07 Å². The molecule has 1 aromatic rings. The Hall–Kier alpha value is -1.62. The topological polar surface area (TPSA) is 72.2 Å². The molecule has 0 fully saturated rings. The first kappa shape index (κ1) is 14.8. The van der Waals surface area contributed by atoms with Crippen molar-refractivity contribution in [3.63, 3.8) is 0 Å². The number of benzene rings is 1. The number of hydrogen-bond acceptors (Lipinski definition) is 2. The van der Waals surface area contributed by atoms with E-state index in [4.69, 9.17) is 5.73 Å². The number of halogens is 1. The molecule has 0 aliphatic heterocycles. The van der Waals surface area contributed by atoms with Gasteiger partial charge in [-0.1, -0.05) is 40.2 Å². The highest BCUT2D eigenvalue weighted by atomic mass is 79.9. The summed E-state index contributed by atoms with van der Waals surface area (Å²) in [7, 11) is 0. The van der Waals surface area contributed by atoms with Gasteiger partial charge in [-0.2, -0.15) is 0 Å². The van der Waals surface area contributed by atoms with Crippen LogP contribution in [0.1, 0.15) is 30.9 Å². The summed E-state index contributed by atoms with van der Waals surface area (Å²) in [6.45, 7) is 0. The van der Waals surface area contributed by atoms with E-state index in [9.17, 15) is 9.59 Å². The highest BCUT2D eigenvalue weighted by molar-refractivity contribution is 9.10. The van der Waals surface area contributed by atoms with E-state index in [0.717, 1.165) is 17.3 Å². The van der Waals surface area contributed by atoms with Gasteiger partial charge in [0.15, 0.2) is 0 Å². The fourth-order valence-electron chi connectivity index (χ4n) is 2.33. The van der Waals surface area contributed by atoms with E-state index in [1.165, 1.54) is 0 Å². The molecule has 0 radical (unpaired) electrons. The maximum Gasteiger partial charge on any atom is 0.244 e. The summed E-state index contributed by atoms with van der Waals surface area (Å²) in [5.41, 5.74) is 6.07. The van der Waals surface area contributed by atoms with Crippen LogP contribution in [0.5, 0.6) is 0 Å². The molecule has 2 rings (SSSR count). The van der Waals surface area contributed by atoms with Crippen molar-refractivity contribution in [1.29, 1.82) is 0 Å². The Morgan fingerprint density at radius 1 is 1.45 bits per heavy atom. The fourth-order valence-corrected chi connectivity index (χ4v) is 2.75. The lowest BCUT2D eigenvalue weighted by Gasteiger charge is -2.17. The molecule has 4 nitrogen and oxygen atoms in total. The number of carbonyl (C=O) groups excluding carboxylic acids is 2. The third-order valence-electron chi connectivity index (χ3n) is 3.33. The third kappa shape index (κ3) is 3.93. The molecule has 0 aromatic heterocycles. The molecule has 0 bridgehead atoms. The van der Waals surface area contributed by atoms with Crippen molar-refractivity contribution in [3.05, 3.63) is 46.5 Å². The van der Waals surface area contributed by atoms with Gasteiger partial charge >= 0.3 is 0 Å². The van der Waals surface area contributed by atoms with Crippen LogP contribution >= 0.6 is 15.9 Å². The minimum absolute atomic E-state index is 0.148. The SMILES string of the molecule is NC(=O)[C@@H](NC(=O)C[C@@H]1C=CCC1)c1cccc(Br)c1. The average molecular weight is 337 g/mol. The van der Waals surface area contributed by atoms with Crippen LogP contribution in [0.25, 0.3) is 0 Å². The fraction of sp³-hybridized carbons (Fsp3) is 0.333. The van der Waals surface area contributed by atoms with Crippen LogP contribution < -0.4 is 11.1 Å². The lowest BCUT2D eigenvalue weighted by atomic mass is 10.0. The Kier molecular flexibility index (Phi) is 4.95. The summed E-state index contributed by atoms with van der Waals surface area (Å²) in [5.74, 6) is -0.435. The quantitative estimate of drug-likeness (QED) is 0.810. The maximum absolute atomic E-state index is 12.0. The summed E-state index contributed by atoms with van der Waals surface area (Å²) in [5, 5.41) is 2.72. The van der Waals surface area contributed by atoms with Crippen LogP contribution in [0, 0.1) is 5.92 Å². The zero-order chi connectivity index (χ0) is 14.5. The van der Waals surface area contributed by atoms with Gasteiger partial charge in [0, 0.05) is 10.9 Å². The smallest absolute Gasteiger partial charge is 0.244 e. The summed E-state index contributed by atoms with van der Waals surface area (Å²) < 4.78 is 0.842. The van der Waals surface area contributed by atoms with Gasteiger partial charge < -0.3 is 11.1 Å². The first-order chi connectivity index (χ1) is 9.56. The zero-order valence-corrected chi connectivity index (χ0v) is 12.6. The number of hydrogen-bond donors (Lipinski definition) is 2. The van der Waals surface area contributed by atoms with Crippen molar-refractivity contribution in [3.8, 4) is 0 Å². The summed E-state index contributed by atoms with van der Waals surface area (Å²) in [6.07, 6.45) is 6.54. The standard InChI is InChI=1S/C15H17BrN2O2/c16-12-7-3-6-11(9-12)14(15(17)20)18-13(19)8-10-4-1-2-5-10/h1,3-4,6-7,9-10,14H,2,5,8H2,(H2,17,20)(H,18,19)/t10-,14+/m1/s1. The molecule has 2 atom stereocenters. The van der Waals surface area contributed by atoms with Gasteiger partial charge in [0.05, 0.1) is 0 Å². The van der Waals surface area contributed by atoms with Gasteiger partial charge in [-0.25, -0.2) is 0 Å². The molecule has 0 spiro atoms. The van der Waals surface area contributed by atoms with Crippen molar-refractivity contribution in [1.82, 2.24) is 5.32 Å². The van der Waals surface area contributed by atoms with Crippen LogP contribution in [0.15, 0.2) is 40.9 Å². The van der Waals surface area contributed by atoms with Crippen molar-refractivity contribution in [2.24, 2.45) is 11.7 Å². The van der Waals surface area contributed by atoms with Crippen molar-refractivity contribution in [2.75, 3.05) is 0 Å². The Bertz CT molecular complexity index is 542. The van der Waals surface area contributed by atoms with E-state index in [1.54, 1.807) is 18.2 Å². The van der Waals surface area contributed by atoms with E-state index in [2.05, 4.69) is 33.4 Å². The van der Waals surface area contributed by atoms with E-state index >= 15 is 0 Å². The predicted molar refractivity (Wildman–Crippen MR) is 80.7 cm³/mol. The lowest BCUT2D eigenvalue weighted by molar-refractivity contribution is -0.127. The Balaban J connectivity index is 2.04. The number of rotatable bonds is 5. The van der Waals surface area contributed by atoms with Gasteiger partial charge in [0.1, 0.15) is 6.04 Å². The molecule has 0 heterocycles. The Labute approximate surface area is 126 Å². The highest BCUT2D eigenvalue weighted by Crippen LogP contribution is 2.22. The molecule has 0 saturated heterocycles. The van der Waals surface area contributed by atoms with E-state index in [0.29, 0.717) is 12.0 Å². The number of allylic oxidation sites excluding steroid dienone is 2. The minimum Gasteiger partial charge on any atom is -0.368 e. The summed E-state index contributed by atoms with van der Waals surface area (Å²) >= 11 is 3.34. The molecule has 0 unspecified atom stereocenters. The molecule has 1 aliphatic carbocycles. The number of nitrogens with two attached hydrogens (primary N) is 1. The first-order valence-electron chi connectivity index (χ1n) is 6.57. The van der Waals surface area contributed by atoms with Gasteiger partial charge in [0.25, 0.3) is 0 Å². The molecule has 1 aromatic carbocycles. The monoisotopic (exact) mass is 336 g/mol. The lowest BCUT2D eigenvalue weighted by Crippen LogP contribution is -2.38. The molecule has 2 amide bonds. The zero-order valence-electron chi connectivity index (χ0n) is 11.0. The van der Waals surface area contributed by atoms with Crippen LogP contribution in [-0.2, 0) is 9.59 Å². The maximum atomic E-state index is 12.0. The Morgan fingerprint density at radius 2 is 2.25 bits per heavy atom.